The van der Waals surface area contributed by atoms with E-state index in [0.717, 1.165) is 17.9 Å². The smallest absolute Gasteiger partial charge is 0.140 e. The fourth-order valence-corrected chi connectivity index (χ4v) is 3.69. The van der Waals surface area contributed by atoms with Crippen LogP contribution in [0.3, 0.4) is 0 Å². The first-order valence-corrected chi connectivity index (χ1v) is 8.16. The summed E-state index contributed by atoms with van der Waals surface area (Å²) in [5.74, 6) is 2.30. The molecule has 0 aliphatic carbocycles. The molecule has 0 spiro atoms. The largest absolute Gasteiger partial charge is 0.352 e. The Bertz CT molecular complexity index is 579. The molecule has 0 bridgehead atoms. The quantitative estimate of drug-likeness (QED) is 0.858. The average Bonchev–Trinajstić information content (AvgIpc) is 2.87. The summed E-state index contributed by atoms with van der Waals surface area (Å²) in [6.07, 6.45) is 6.42. The molecule has 3 nitrogen and oxygen atoms in total. The van der Waals surface area contributed by atoms with Gasteiger partial charge in [-0.15, -0.1) is 0 Å². The number of anilines is 1. The minimum Gasteiger partial charge on any atom is -0.352 e. The van der Waals surface area contributed by atoms with Crippen molar-refractivity contribution in [2.75, 3.05) is 23.5 Å². The maximum atomic E-state index is 4.59. The topological polar surface area (TPSA) is 29.0 Å². The highest BCUT2D eigenvalue weighted by atomic mass is 32.2. The van der Waals surface area contributed by atoms with E-state index >= 15 is 0 Å². The third kappa shape index (κ3) is 2.29. The second-order valence-corrected chi connectivity index (χ2v) is 6.02. The molecule has 4 heteroatoms. The van der Waals surface area contributed by atoms with Crippen LogP contribution in [0.4, 0.5) is 5.82 Å². The first-order valence-electron chi connectivity index (χ1n) is 6.77. The van der Waals surface area contributed by atoms with Crippen molar-refractivity contribution in [2.24, 2.45) is 0 Å². The van der Waals surface area contributed by atoms with Crippen molar-refractivity contribution in [3.8, 4) is 0 Å². The number of benzene rings is 1. The van der Waals surface area contributed by atoms with Gasteiger partial charge in [0.15, 0.2) is 0 Å². The van der Waals surface area contributed by atoms with Crippen LogP contribution in [0.25, 0.3) is 10.9 Å². The highest BCUT2D eigenvalue weighted by Gasteiger charge is 2.26. The van der Waals surface area contributed by atoms with Gasteiger partial charge in [0.1, 0.15) is 12.1 Å². The van der Waals surface area contributed by atoms with Crippen LogP contribution in [-0.2, 0) is 0 Å². The highest BCUT2D eigenvalue weighted by Crippen LogP contribution is 2.32. The molecular formula is C15H19N3S. The number of nitrogens with zero attached hydrogens (tertiary/aromatic N) is 3. The Labute approximate surface area is 118 Å². The van der Waals surface area contributed by atoms with Crippen LogP contribution in [0.1, 0.15) is 18.4 Å². The van der Waals surface area contributed by atoms with Gasteiger partial charge < -0.3 is 4.90 Å². The van der Waals surface area contributed by atoms with Crippen LogP contribution in [0.15, 0.2) is 24.5 Å². The maximum Gasteiger partial charge on any atom is 0.140 e. The van der Waals surface area contributed by atoms with E-state index in [2.05, 4.69) is 46.2 Å². The summed E-state index contributed by atoms with van der Waals surface area (Å²) in [7, 11) is 0. The lowest BCUT2D eigenvalue weighted by atomic mass is 10.1. The average molecular weight is 273 g/mol. The SMILES string of the molecule is CSCC1CCCN1c1ncnc2cccc(C)c12. The van der Waals surface area contributed by atoms with Crippen molar-refractivity contribution in [1.82, 2.24) is 9.97 Å². The number of fused-ring (bicyclic) bond motifs is 1. The van der Waals surface area contributed by atoms with Gasteiger partial charge in [-0.3, -0.25) is 0 Å². The number of aromatic nitrogens is 2. The van der Waals surface area contributed by atoms with Crippen molar-refractivity contribution in [1.29, 1.82) is 0 Å². The molecule has 0 radical (unpaired) electrons. The summed E-state index contributed by atoms with van der Waals surface area (Å²) in [5, 5.41) is 1.22. The third-order valence-corrected chi connectivity index (χ3v) is 4.58. The second-order valence-electron chi connectivity index (χ2n) is 5.11. The fourth-order valence-electron chi connectivity index (χ4n) is 2.96. The first kappa shape index (κ1) is 12.7. The molecule has 1 aromatic carbocycles. The van der Waals surface area contributed by atoms with Gasteiger partial charge in [-0.25, -0.2) is 9.97 Å². The Morgan fingerprint density at radius 1 is 1.37 bits per heavy atom. The molecular weight excluding hydrogens is 254 g/mol. The summed E-state index contributed by atoms with van der Waals surface area (Å²) in [6, 6.07) is 6.91. The molecule has 3 rings (SSSR count). The van der Waals surface area contributed by atoms with Gasteiger partial charge in [-0.1, -0.05) is 12.1 Å². The Hall–Kier alpha value is -1.29. The first-order chi connectivity index (χ1) is 9.31. The van der Waals surface area contributed by atoms with Gasteiger partial charge in [0.25, 0.3) is 0 Å². The standard InChI is InChI=1S/C15H19N3S/c1-11-5-3-7-13-14(11)15(17-10-16-13)18-8-4-6-12(18)9-19-2/h3,5,7,10,12H,4,6,8-9H2,1-2H3. The molecule has 1 fully saturated rings. The molecule has 0 saturated carbocycles. The van der Waals surface area contributed by atoms with Crippen molar-refractivity contribution >= 4 is 28.5 Å². The van der Waals surface area contributed by atoms with Gasteiger partial charge in [-0.05, 0) is 37.7 Å². The van der Waals surface area contributed by atoms with E-state index in [0.29, 0.717) is 6.04 Å². The molecule has 100 valence electrons. The lowest BCUT2D eigenvalue weighted by Gasteiger charge is -2.26. The lowest BCUT2D eigenvalue weighted by Crippen LogP contribution is -2.32. The summed E-state index contributed by atoms with van der Waals surface area (Å²) in [6.45, 7) is 3.26. The van der Waals surface area contributed by atoms with E-state index in [1.54, 1.807) is 6.33 Å². The molecule has 1 aliphatic heterocycles. The number of rotatable bonds is 3. The van der Waals surface area contributed by atoms with Crippen LogP contribution < -0.4 is 4.90 Å². The van der Waals surface area contributed by atoms with Crippen molar-refractivity contribution < 1.29 is 0 Å². The summed E-state index contributed by atoms with van der Waals surface area (Å²) >= 11 is 1.92. The van der Waals surface area contributed by atoms with Crippen LogP contribution in [0.5, 0.6) is 0 Å². The molecule has 1 aromatic heterocycles. The van der Waals surface area contributed by atoms with Crippen molar-refractivity contribution in [3.05, 3.63) is 30.1 Å². The monoisotopic (exact) mass is 273 g/mol. The summed E-state index contributed by atoms with van der Waals surface area (Å²) in [5.41, 5.74) is 2.32. The van der Waals surface area contributed by atoms with Crippen LogP contribution >= 0.6 is 11.8 Å². The molecule has 1 unspecified atom stereocenters. The maximum absolute atomic E-state index is 4.59. The molecule has 2 heterocycles. The van der Waals surface area contributed by atoms with Crippen LogP contribution in [-0.4, -0.2) is 34.6 Å². The van der Waals surface area contributed by atoms with Crippen molar-refractivity contribution in [2.45, 2.75) is 25.8 Å². The number of aryl methyl sites for hydroxylation is 1. The highest BCUT2D eigenvalue weighted by molar-refractivity contribution is 7.98. The lowest BCUT2D eigenvalue weighted by molar-refractivity contribution is 0.739. The Kier molecular flexibility index (Phi) is 3.60. The van der Waals surface area contributed by atoms with Gasteiger partial charge in [-0.2, -0.15) is 11.8 Å². The minimum absolute atomic E-state index is 0.618. The molecule has 19 heavy (non-hydrogen) atoms. The van der Waals surface area contributed by atoms with Gasteiger partial charge >= 0.3 is 0 Å². The van der Waals surface area contributed by atoms with Crippen LogP contribution in [0.2, 0.25) is 0 Å². The van der Waals surface area contributed by atoms with Crippen LogP contribution in [0, 0.1) is 6.92 Å². The zero-order chi connectivity index (χ0) is 13.2. The zero-order valence-corrected chi connectivity index (χ0v) is 12.3. The second kappa shape index (κ2) is 5.37. The van der Waals surface area contributed by atoms with E-state index in [1.165, 1.54) is 29.5 Å². The Balaban J connectivity index is 2.09. The van der Waals surface area contributed by atoms with Gasteiger partial charge in [0, 0.05) is 23.7 Å². The normalized spacial score (nSPS) is 19.3. The van der Waals surface area contributed by atoms with E-state index in [4.69, 9.17) is 0 Å². The molecule has 1 saturated heterocycles. The van der Waals surface area contributed by atoms with Gasteiger partial charge in [0.05, 0.1) is 5.52 Å². The van der Waals surface area contributed by atoms with E-state index in [-0.39, 0.29) is 0 Å². The van der Waals surface area contributed by atoms with Gasteiger partial charge in [0.2, 0.25) is 0 Å². The van der Waals surface area contributed by atoms with E-state index < -0.39 is 0 Å². The molecule has 2 aromatic rings. The molecule has 1 atom stereocenters. The minimum atomic E-state index is 0.618. The summed E-state index contributed by atoms with van der Waals surface area (Å²) < 4.78 is 0. The summed E-state index contributed by atoms with van der Waals surface area (Å²) in [4.78, 5) is 11.5. The fraction of sp³-hybridized carbons (Fsp3) is 0.467. The third-order valence-electron chi connectivity index (χ3n) is 3.86. The van der Waals surface area contributed by atoms with E-state index in [9.17, 15) is 0 Å². The molecule has 1 aliphatic rings. The number of thioether (sulfide) groups is 1. The predicted octanol–water partition coefficient (Wildman–Crippen LogP) is 3.27. The predicted molar refractivity (Wildman–Crippen MR) is 83.0 cm³/mol. The van der Waals surface area contributed by atoms with Crippen molar-refractivity contribution in [3.63, 3.8) is 0 Å². The Morgan fingerprint density at radius 2 is 2.26 bits per heavy atom. The molecule has 0 N–H and O–H groups in total. The number of hydrogen-bond donors (Lipinski definition) is 0. The number of hydrogen-bond acceptors (Lipinski definition) is 4. The zero-order valence-electron chi connectivity index (χ0n) is 11.5. The Morgan fingerprint density at radius 3 is 3.11 bits per heavy atom. The van der Waals surface area contributed by atoms with E-state index in [1.807, 2.05) is 11.8 Å². The molecule has 0 amide bonds.